The van der Waals surface area contributed by atoms with E-state index in [9.17, 15) is 14.9 Å². The minimum atomic E-state index is -0.761. The van der Waals surface area contributed by atoms with E-state index < -0.39 is 16.9 Å². The second-order valence-electron chi connectivity index (χ2n) is 6.25. The van der Waals surface area contributed by atoms with Crippen LogP contribution < -0.4 is 10.2 Å². The molecule has 3 rings (SSSR count). The fourth-order valence-corrected chi connectivity index (χ4v) is 2.64. The lowest BCUT2D eigenvalue weighted by Gasteiger charge is -2.14. The molecule has 0 fully saturated rings. The minimum absolute atomic E-state index is 0.0358. The number of nitro benzene ring substituents is 1. The molecule has 3 aromatic rings. The third kappa shape index (κ3) is 4.50. The van der Waals surface area contributed by atoms with E-state index >= 15 is 0 Å². The molecule has 0 aromatic heterocycles. The van der Waals surface area contributed by atoms with Gasteiger partial charge in [-0.2, -0.15) is 5.10 Å². The second-order valence-corrected chi connectivity index (χ2v) is 6.25. The van der Waals surface area contributed by atoms with E-state index in [0.29, 0.717) is 17.0 Å². The van der Waals surface area contributed by atoms with Crippen LogP contribution in [0.3, 0.4) is 0 Å². The zero-order valence-electron chi connectivity index (χ0n) is 15.5. The number of hydrogen-bond acceptors (Lipinski definition) is 5. The van der Waals surface area contributed by atoms with Crippen molar-refractivity contribution in [3.63, 3.8) is 0 Å². The summed E-state index contributed by atoms with van der Waals surface area (Å²) in [6.07, 6.45) is -0.761. The van der Waals surface area contributed by atoms with Crippen LogP contribution in [-0.4, -0.2) is 22.6 Å². The molecule has 0 saturated carbocycles. The van der Waals surface area contributed by atoms with Gasteiger partial charge in [-0.25, -0.2) is 5.43 Å². The Labute approximate surface area is 161 Å². The maximum absolute atomic E-state index is 12.3. The Morgan fingerprint density at radius 2 is 1.82 bits per heavy atom. The van der Waals surface area contributed by atoms with Crippen molar-refractivity contribution in [3.05, 3.63) is 82.4 Å². The van der Waals surface area contributed by atoms with Crippen LogP contribution in [0.2, 0.25) is 0 Å². The van der Waals surface area contributed by atoms with Crippen LogP contribution >= 0.6 is 0 Å². The quantitative estimate of drug-likeness (QED) is 0.398. The van der Waals surface area contributed by atoms with Crippen molar-refractivity contribution >= 4 is 28.1 Å². The number of hydrogen-bond donors (Lipinski definition) is 1. The summed E-state index contributed by atoms with van der Waals surface area (Å²) in [6, 6.07) is 19.5. The fourth-order valence-electron chi connectivity index (χ4n) is 2.64. The first-order chi connectivity index (χ1) is 13.4. The lowest BCUT2D eigenvalue weighted by molar-refractivity contribution is -0.384. The smallest absolute Gasteiger partial charge is 0.280 e. The summed E-state index contributed by atoms with van der Waals surface area (Å²) in [7, 11) is 0. The maximum Gasteiger partial charge on any atom is 0.280 e. The molecular formula is C21H19N3O4. The Morgan fingerprint density at radius 1 is 1.07 bits per heavy atom. The van der Waals surface area contributed by atoms with Gasteiger partial charge < -0.3 is 4.74 Å². The summed E-state index contributed by atoms with van der Waals surface area (Å²) in [6.45, 7) is 3.29. The van der Waals surface area contributed by atoms with Crippen LogP contribution in [-0.2, 0) is 4.79 Å². The van der Waals surface area contributed by atoms with E-state index in [1.807, 2.05) is 42.5 Å². The van der Waals surface area contributed by atoms with Gasteiger partial charge in [-0.3, -0.25) is 14.9 Å². The molecule has 1 N–H and O–H groups in total. The number of amides is 1. The first-order valence-corrected chi connectivity index (χ1v) is 8.68. The lowest BCUT2D eigenvalue weighted by Crippen LogP contribution is -2.33. The average Bonchev–Trinajstić information content (AvgIpc) is 2.71. The van der Waals surface area contributed by atoms with Crippen LogP contribution in [0.25, 0.3) is 10.8 Å². The first-order valence-electron chi connectivity index (χ1n) is 8.68. The molecule has 1 atom stereocenters. The van der Waals surface area contributed by atoms with Crippen molar-refractivity contribution < 1.29 is 14.5 Å². The van der Waals surface area contributed by atoms with E-state index in [1.165, 1.54) is 12.1 Å². The summed E-state index contributed by atoms with van der Waals surface area (Å²) in [5, 5.41) is 17.0. The number of rotatable bonds is 6. The van der Waals surface area contributed by atoms with Crippen LogP contribution in [0.4, 0.5) is 5.69 Å². The fraction of sp³-hybridized carbons (Fsp3) is 0.143. The highest BCUT2D eigenvalue weighted by atomic mass is 16.6. The number of non-ortho nitro benzene ring substituents is 1. The normalized spacial score (nSPS) is 12.4. The van der Waals surface area contributed by atoms with E-state index in [1.54, 1.807) is 26.0 Å². The third-order valence-corrected chi connectivity index (χ3v) is 4.21. The molecule has 142 valence electrons. The van der Waals surface area contributed by atoms with Gasteiger partial charge in [-0.1, -0.05) is 42.5 Å². The van der Waals surface area contributed by atoms with Gasteiger partial charge >= 0.3 is 0 Å². The van der Waals surface area contributed by atoms with Crippen molar-refractivity contribution in [3.8, 4) is 5.75 Å². The molecule has 1 amide bonds. The summed E-state index contributed by atoms with van der Waals surface area (Å²) in [4.78, 5) is 22.7. The highest BCUT2D eigenvalue weighted by molar-refractivity contribution is 5.99. The van der Waals surface area contributed by atoms with Gasteiger partial charge in [0, 0.05) is 17.7 Å². The van der Waals surface area contributed by atoms with Crippen molar-refractivity contribution in [2.45, 2.75) is 20.0 Å². The minimum Gasteiger partial charge on any atom is -0.481 e. The Morgan fingerprint density at radius 3 is 2.57 bits per heavy atom. The number of hydrazone groups is 1. The molecule has 0 aliphatic carbocycles. The maximum atomic E-state index is 12.3. The van der Waals surface area contributed by atoms with Crippen molar-refractivity contribution in [1.82, 2.24) is 5.43 Å². The van der Waals surface area contributed by atoms with Gasteiger partial charge in [0.2, 0.25) is 0 Å². The molecule has 0 heterocycles. The van der Waals surface area contributed by atoms with Crippen LogP contribution in [0, 0.1) is 10.1 Å². The number of nitrogens with one attached hydrogen (secondary N) is 1. The number of nitrogens with zero attached hydrogens (tertiary/aromatic N) is 2. The van der Waals surface area contributed by atoms with Crippen LogP contribution in [0.1, 0.15) is 19.4 Å². The van der Waals surface area contributed by atoms with Gasteiger partial charge in [0.25, 0.3) is 11.6 Å². The Kier molecular flexibility index (Phi) is 5.64. The van der Waals surface area contributed by atoms with Gasteiger partial charge in [-0.05, 0) is 36.8 Å². The van der Waals surface area contributed by atoms with E-state index in [4.69, 9.17) is 4.74 Å². The van der Waals surface area contributed by atoms with Crippen molar-refractivity contribution in [2.75, 3.05) is 0 Å². The number of benzene rings is 3. The number of carbonyl (C=O) groups excluding carboxylic acids is 1. The number of ether oxygens (including phenoxy) is 1. The number of fused-ring (bicyclic) bond motifs is 1. The standard InChI is InChI=1S/C21H19N3O4/c1-14(17-8-5-9-19(12-17)24(26)27)22-23-21(25)15(2)28-20-11-10-16-6-3-4-7-18(16)13-20/h3-13,15H,1-2H3,(H,23,25)/b22-14+/t15-/m0/s1. The predicted octanol–water partition coefficient (Wildman–Crippen LogP) is 4.06. The predicted molar refractivity (Wildman–Crippen MR) is 107 cm³/mol. The van der Waals surface area contributed by atoms with Crippen LogP contribution in [0.5, 0.6) is 5.75 Å². The van der Waals surface area contributed by atoms with Gasteiger partial charge in [0.1, 0.15) is 5.75 Å². The average molecular weight is 377 g/mol. The zero-order chi connectivity index (χ0) is 20.1. The molecule has 7 nitrogen and oxygen atoms in total. The molecule has 28 heavy (non-hydrogen) atoms. The van der Waals surface area contributed by atoms with Crippen molar-refractivity contribution in [1.29, 1.82) is 0 Å². The SMILES string of the molecule is C/C(=N\NC(=O)[C@H](C)Oc1ccc2ccccc2c1)c1cccc([N+](=O)[O-])c1. The largest absolute Gasteiger partial charge is 0.481 e. The summed E-state index contributed by atoms with van der Waals surface area (Å²) < 4.78 is 5.70. The van der Waals surface area contributed by atoms with Crippen LogP contribution in [0.15, 0.2) is 71.8 Å². The molecule has 0 saturated heterocycles. The molecule has 7 heteroatoms. The summed E-state index contributed by atoms with van der Waals surface area (Å²) in [5.41, 5.74) is 3.41. The number of nitro groups is 1. The van der Waals surface area contributed by atoms with E-state index in [-0.39, 0.29) is 5.69 Å². The van der Waals surface area contributed by atoms with E-state index in [2.05, 4.69) is 10.5 Å². The second kappa shape index (κ2) is 8.30. The van der Waals surface area contributed by atoms with Gasteiger partial charge in [-0.15, -0.1) is 0 Å². The molecule has 0 aliphatic rings. The van der Waals surface area contributed by atoms with E-state index in [0.717, 1.165) is 10.8 Å². The Balaban J connectivity index is 1.65. The Hall–Kier alpha value is -3.74. The highest BCUT2D eigenvalue weighted by Gasteiger charge is 2.15. The third-order valence-electron chi connectivity index (χ3n) is 4.21. The summed E-state index contributed by atoms with van der Waals surface area (Å²) in [5.74, 6) is 0.165. The molecule has 0 radical (unpaired) electrons. The monoisotopic (exact) mass is 377 g/mol. The van der Waals surface area contributed by atoms with Crippen molar-refractivity contribution in [2.24, 2.45) is 5.10 Å². The molecule has 3 aromatic carbocycles. The molecular weight excluding hydrogens is 358 g/mol. The zero-order valence-corrected chi connectivity index (χ0v) is 15.5. The lowest BCUT2D eigenvalue weighted by atomic mass is 10.1. The van der Waals surface area contributed by atoms with Gasteiger partial charge in [0.15, 0.2) is 6.10 Å². The topological polar surface area (TPSA) is 93.8 Å². The molecule has 0 aliphatic heterocycles. The molecule has 0 unspecified atom stereocenters. The first kappa shape index (κ1) is 19.0. The molecule has 0 spiro atoms. The molecule has 0 bridgehead atoms. The highest BCUT2D eigenvalue weighted by Crippen LogP contribution is 2.21. The Bertz CT molecular complexity index is 1060. The summed E-state index contributed by atoms with van der Waals surface area (Å²) >= 11 is 0. The van der Waals surface area contributed by atoms with Gasteiger partial charge in [0.05, 0.1) is 10.6 Å². The number of carbonyl (C=O) groups is 1.